The van der Waals surface area contributed by atoms with Crippen LogP contribution in [0.3, 0.4) is 0 Å². The smallest absolute Gasteiger partial charge is 0.161 e. The van der Waals surface area contributed by atoms with Crippen molar-refractivity contribution in [3.05, 3.63) is 24.3 Å². The molecule has 94 valence electrons. The van der Waals surface area contributed by atoms with Crippen LogP contribution >= 0.6 is 0 Å². The number of unbranched alkanes of at least 4 members (excludes halogenated alkanes) is 1. The predicted octanol–water partition coefficient (Wildman–Crippen LogP) is 1.85. The van der Waals surface area contributed by atoms with E-state index in [9.17, 15) is 0 Å². The molecule has 1 heterocycles. The van der Waals surface area contributed by atoms with Crippen LogP contribution in [0, 0.1) is 0 Å². The molecule has 1 aromatic rings. The van der Waals surface area contributed by atoms with Crippen molar-refractivity contribution in [2.75, 3.05) is 6.61 Å². The minimum atomic E-state index is -0.0125. The molecule has 0 aromatic heterocycles. The molecule has 0 spiro atoms. The van der Waals surface area contributed by atoms with Gasteiger partial charge < -0.3 is 9.47 Å². The Bertz CT molecular complexity index is 357. The third-order valence-corrected chi connectivity index (χ3v) is 3.06. The van der Waals surface area contributed by atoms with Crippen molar-refractivity contribution in [2.24, 2.45) is 5.84 Å². The summed E-state index contributed by atoms with van der Waals surface area (Å²) < 4.78 is 11.6. The highest BCUT2D eigenvalue weighted by atomic mass is 16.6. The zero-order valence-corrected chi connectivity index (χ0v) is 10.2. The van der Waals surface area contributed by atoms with Gasteiger partial charge in [-0.1, -0.05) is 31.9 Å². The zero-order valence-electron chi connectivity index (χ0n) is 10.2. The molecule has 1 aliphatic rings. The summed E-state index contributed by atoms with van der Waals surface area (Å²) in [6.07, 6.45) is 3.28. The van der Waals surface area contributed by atoms with Crippen molar-refractivity contribution < 1.29 is 9.47 Å². The number of nitrogens with two attached hydrogens (primary N) is 1. The Labute approximate surface area is 102 Å². The molecular weight excluding hydrogens is 216 g/mol. The van der Waals surface area contributed by atoms with E-state index in [4.69, 9.17) is 15.3 Å². The first-order valence-corrected chi connectivity index (χ1v) is 6.19. The van der Waals surface area contributed by atoms with Crippen molar-refractivity contribution in [1.82, 2.24) is 5.43 Å². The molecule has 4 nitrogen and oxygen atoms in total. The van der Waals surface area contributed by atoms with Crippen molar-refractivity contribution in [3.8, 4) is 11.5 Å². The fourth-order valence-electron chi connectivity index (χ4n) is 2.03. The van der Waals surface area contributed by atoms with E-state index in [0.717, 1.165) is 30.8 Å². The van der Waals surface area contributed by atoms with E-state index in [1.165, 1.54) is 0 Å². The lowest BCUT2D eigenvalue weighted by atomic mass is 10.0. The molecule has 2 unspecified atom stereocenters. The Morgan fingerprint density at radius 3 is 2.88 bits per heavy atom. The summed E-state index contributed by atoms with van der Waals surface area (Å²) in [5.74, 6) is 7.20. The van der Waals surface area contributed by atoms with Gasteiger partial charge in [-0.3, -0.25) is 11.3 Å². The Hall–Kier alpha value is -1.26. The molecular formula is C13H20N2O2. The molecule has 4 heteroatoms. The summed E-state index contributed by atoms with van der Waals surface area (Å²) >= 11 is 0. The van der Waals surface area contributed by atoms with Crippen molar-refractivity contribution in [2.45, 2.75) is 38.3 Å². The molecule has 0 bridgehead atoms. The second-order valence-corrected chi connectivity index (χ2v) is 4.33. The third kappa shape index (κ3) is 2.90. The molecule has 1 aromatic carbocycles. The van der Waals surface area contributed by atoms with E-state index in [1.807, 2.05) is 24.3 Å². The Balaban J connectivity index is 2.00. The van der Waals surface area contributed by atoms with Gasteiger partial charge in [-0.15, -0.1) is 0 Å². The first kappa shape index (κ1) is 12.2. The van der Waals surface area contributed by atoms with Crippen LogP contribution in [0.2, 0.25) is 0 Å². The van der Waals surface area contributed by atoms with E-state index in [-0.39, 0.29) is 12.1 Å². The molecule has 0 saturated carbocycles. The summed E-state index contributed by atoms with van der Waals surface area (Å²) in [6, 6.07) is 7.88. The van der Waals surface area contributed by atoms with Crippen LogP contribution in [0.1, 0.15) is 26.2 Å². The van der Waals surface area contributed by atoms with E-state index >= 15 is 0 Å². The fraction of sp³-hybridized carbons (Fsp3) is 0.538. The molecule has 0 fully saturated rings. The maximum Gasteiger partial charge on any atom is 0.161 e. The molecule has 2 rings (SSSR count). The number of rotatable bonds is 5. The highest BCUT2D eigenvalue weighted by molar-refractivity contribution is 5.40. The first-order valence-electron chi connectivity index (χ1n) is 6.19. The molecule has 0 aliphatic carbocycles. The second kappa shape index (κ2) is 5.89. The standard InChI is InChI=1S/C13H20N2O2/c1-2-3-6-10(15-14)13-9-16-11-7-4-5-8-12(11)17-13/h4-5,7-8,10,13,15H,2-3,6,9,14H2,1H3. The molecule has 2 atom stereocenters. The van der Waals surface area contributed by atoms with Gasteiger partial charge in [0.15, 0.2) is 11.5 Å². The van der Waals surface area contributed by atoms with Gasteiger partial charge in [0.1, 0.15) is 12.7 Å². The molecule has 3 N–H and O–H groups in total. The van der Waals surface area contributed by atoms with Gasteiger partial charge in [-0.2, -0.15) is 0 Å². The lowest BCUT2D eigenvalue weighted by Gasteiger charge is -2.31. The highest BCUT2D eigenvalue weighted by Gasteiger charge is 2.27. The van der Waals surface area contributed by atoms with Crippen molar-refractivity contribution in [1.29, 1.82) is 0 Å². The topological polar surface area (TPSA) is 56.5 Å². The normalized spacial score (nSPS) is 20.0. The first-order chi connectivity index (χ1) is 8.35. The largest absolute Gasteiger partial charge is 0.486 e. The molecule has 1 aliphatic heterocycles. The minimum absolute atomic E-state index is 0.0125. The summed E-state index contributed by atoms with van der Waals surface area (Å²) in [5.41, 5.74) is 2.83. The predicted molar refractivity (Wildman–Crippen MR) is 67.0 cm³/mol. The third-order valence-electron chi connectivity index (χ3n) is 3.06. The van der Waals surface area contributed by atoms with Crippen LogP contribution in [-0.2, 0) is 0 Å². The number of benzene rings is 1. The average molecular weight is 236 g/mol. The van der Waals surface area contributed by atoms with Gasteiger partial charge in [0.25, 0.3) is 0 Å². The minimum Gasteiger partial charge on any atom is -0.486 e. The van der Waals surface area contributed by atoms with E-state index < -0.39 is 0 Å². The Morgan fingerprint density at radius 2 is 2.18 bits per heavy atom. The van der Waals surface area contributed by atoms with Gasteiger partial charge in [0, 0.05) is 0 Å². The maximum absolute atomic E-state index is 5.91. The van der Waals surface area contributed by atoms with Gasteiger partial charge in [0.2, 0.25) is 0 Å². The summed E-state index contributed by atoms with van der Waals surface area (Å²) in [6.45, 7) is 2.72. The van der Waals surface area contributed by atoms with Gasteiger partial charge in [-0.05, 0) is 18.6 Å². The number of fused-ring (bicyclic) bond motifs is 1. The Kier molecular flexibility index (Phi) is 4.23. The summed E-state index contributed by atoms with van der Waals surface area (Å²) in [4.78, 5) is 0. The number of hydrazine groups is 1. The quantitative estimate of drug-likeness (QED) is 0.605. The zero-order chi connectivity index (χ0) is 12.1. The Morgan fingerprint density at radius 1 is 1.41 bits per heavy atom. The van der Waals surface area contributed by atoms with Crippen molar-refractivity contribution >= 4 is 0 Å². The SMILES string of the molecule is CCCCC(NN)C1COc2ccccc2O1. The number of nitrogens with one attached hydrogen (secondary N) is 1. The van der Waals surface area contributed by atoms with Gasteiger partial charge >= 0.3 is 0 Å². The number of hydrogen-bond acceptors (Lipinski definition) is 4. The van der Waals surface area contributed by atoms with Crippen LogP contribution in [0.5, 0.6) is 11.5 Å². The highest BCUT2D eigenvalue weighted by Crippen LogP contribution is 2.31. The van der Waals surface area contributed by atoms with Gasteiger partial charge in [0.05, 0.1) is 6.04 Å². The molecule has 0 radical (unpaired) electrons. The summed E-state index contributed by atoms with van der Waals surface area (Å²) in [5, 5.41) is 0. The van der Waals surface area contributed by atoms with Crippen LogP contribution < -0.4 is 20.7 Å². The van der Waals surface area contributed by atoms with E-state index in [2.05, 4.69) is 12.3 Å². The van der Waals surface area contributed by atoms with Crippen LogP contribution in [0.25, 0.3) is 0 Å². The van der Waals surface area contributed by atoms with Crippen molar-refractivity contribution in [3.63, 3.8) is 0 Å². The van der Waals surface area contributed by atoms with Crippen LogP contribution in [0.15, 0.2) is 24.3 Å². The average Bonchev–Trinajstić information content (AvgIpc) is 2.39. The van der Waals surface area contributed by atoms with Gasteiger partial charge in [-0.25, -0.2) is 0 Å². The monoisotopic (exact) mass is 236 g/mol. The molecule has 0 saturated heterocycles. The van der Waals surface area contributed by atoms with E-state index in [1.54, 1.807) is 0 Å². The molecule has 0 amide bonds. The number of ether oxygens (including phenoxy) is 2. The van der Waals surface area contributed by atoms with E-state index in [0.29, 0.717) is 6.61 Å². The lowest BCUT2D eigenvalue weighted by molar-refractivity contribution is 0.0589. The number of para-hydroxylation sites is 2. The van der Waals surface area contributed by atoms with Crippen LogP contribution in [0.4, 0.5) is 0 Å². The maximum atomic E-state index is 5.91. The van der Waals surface area contributed by atoms with Crippen LogP contribution in [-0.4, -0.2) is 18.8 Å². The number of hydrogen-bond donors (Lipinski definition) is 2. The lowest BCUT2D eigenvalue weighted by Crippen LogP contribution is -2.50. The second-order valence-electron chi connectivity index (χ2n) is 4.33. The molecule has 17 heavy (non-hydrogen) atoms. The summed E-state index contributed by atoms with van der Waals surface area (Å²) in [7, 11) is 0. The fourth-order valence-corrected chi connectivity index (χ4v) is 2.03.